The number of nitrogens with one attached hydrogen (secondary N) is 1. The third-order valence-electron chi connectivity index (χ3n) is 2.27. The molecule has 1 heterocycles. The summed E-state index contributed by atoms with van der Waals surface area (Å²) < 4.78 is 45.8. The summed E-state index contributed by atoms with van der Waals surface area (Å²) in [5.41, 5.74) is 0. The minimum absolute atomic E-state index is 0.0225. The predicted molar refractivity (Wildman–Crippen MR) is 57.6 cm³/mol. The molecule has 0 spiro atoms. The molecule has 1 aliphatic rings. The Hall–Kier alpha value is -0.750. The van der Waals surface area contributed by atoms with Crippen LogP contribution in [0.4, 0.5) is 13.2 Å². The van der Waals surface area contributed by atoms with Crippen LogP contribution in [0.5, 0.6) is 0 Å². The SMILES string of the molecule is CCCNC(COCC(F)(F)F)C1=CCCO1. The van der Waals surface area contributed by atoms with Gasteiger partial charge in [0.1, 0.15) is 12.4 Å². The van der Waals surface area contributed by atoms with Crippen molar-refractivity contribution in [3.8, 4) is 0 Å². The summed E-state index contributed by atoms with van der Waals surface area (Å²) in [5.74, 6) is 0.695. The summed E-state index contributed by atoms with van der Waals surface area (Å²) >= 11 is 0. The molecular weight excluding hydrogens is 235 g/mol. The number of hydrogen-bond acceptors (Lipinski definition) is 3. The van der Waals surface area contributed by atoms with Gasteiger partial charge in [0, 0.05) is 6.42 Å². The molecule has 0 radical (unpaired) electrons. The molecule has 0 aromatic carbocycles. The van der Waals surface area contributed by atoms with E-state index in [0.717, 1.165) is 19.4 Å². The van der Waals surface area contributed by atoms with E-state index in [-0.39, 0.29) is 12.6 Å². The molecule has 17 heavy (non-hydrogen) atoms. The van der Waals surface area contributed by atoms with E-state index in [0.29, 0.717) is 12.4 Å². The molecule has 0 saturated carbocycles. The predicted octanol–water partition coefficient (Wildman–Crippen LogP) is 2.24. The molecule has 1 N–H and O–H groups in total. The Kier molecular flexibility index (Phi) is 5.77. The van der Waals surface area contributed by atoms with Gasteiger partial charge in [-0.05, 0) is 19.0 Å². The van der Waals surface area contributed by atoms with Gasteiger partial charge in [0.25, 0.3) is 0 Å². The highest BCUT2D eigenvalue weighted by Crippen LogP contribution is 2.17. The molecule has 1 rings (SSSR count). The molecule has 0 aromatic heterocycles. The summed E-state index contributed by atoms with van der Waals surface area (Å²) in [4.78, 5) is 0. The molecule has 3 nitrogen and oxygen atoms in total. The zero-order valence-electron chi connectivity index (χ0n) is 9.85. The Morgan fingerprint density at radius 1 is 1.53 bits per heavy atom. The summed E-state index contributed by atoms with van der Waals surface area (Å²) in [6, 6.07) is -0.278. The molecule has 1 atom stereocenters. The van der Waals surface area contributed by atoms with E-state index in [1.165, 1.54) is 0 Å². The van der Waals surface area contributed by atoms with E-state index < -0.39 is 12.8 Å². The van der Waals surface area contributed by atoms with Crippen molar-refractivity contribution in [2.45, 2.75) is 32.0 Å². The van der Waals surface area contributed by atoms with Gasteiger partial charge < -0.3 is 14.8 Å². The fourth-order valence-corrected chi connectivity index (χ4v) is 1.53. The fraction of sp³-hybridized carbons (Fsp3) is 0.818. The molecule has 0 amide bonds. The van der Waals surface area contributed by atoms with E-state index >= 15 is 0 Å². The first-order valence-electron chi connectivity index (χ1n) is 5.73. The lowest BCUT2D eigenvalue weighted by Crippen LogP contribution is -2.37. The first kappa shape index (κ1) is 14.3. The van der Waals surface area contributed by atoms with Crippen LogP contribution in [0.15, 0.2) is 11.8 Å². The second-order valence-electron chi connectivity index (χ2n) is 3.88. The summed E-state index contributed by atoms with van der Waals surface area (Å²) in [5, 5.41) is 3.11. The normalized spacial score (nSPS) is 17.8. The van der Waals surface area contributed by atoms with Crippen molar-refractivity contribution in [3.05, 3.63) is 11.8 Å². The first-order chi connectivity index (χ1) is 8.03. The smallest absolute Gasteiger partial charge is 0.411 e. The van der Waals surface area contributed by atoms with Gasteiger partial charge >= 0.3 is 6.18 Å². The summed E-state index contributed by atoms with van der Waals surface area (Å²) in [6.07, 6.45) is -0.674. The molecule has 100 valence electrons. The summed E-state index contributed by atoms with van der Waals surface area (Å²) in [6.45, 7) is 2.07. The average Bonchev–Trinajstić information content (AvgIpc) is 2.74. The van der Waals surface area contributed by atoms with Crippen molar-refractivity contribution < 1.29 is 22.6 Å². The quantitative estimate of drug-likeness (QED) is 0.754. The zero-order valence-corrected chi connectivity index (χ0v) is 9.85. The molecule has 1 unspecified atom stereocenters. The van der Waals surface area contributed by atoms with Gasteiger partial charge in [-0.2, -0.15) is 13.2 Å². The van der Waals surface area contributed by atoms with Crippen LogP contribution in [0.2, 0.25) is 0 Å². The van der Waals surface area contributed by atoms with Crippen LogP contribution in [0.3, 0.4) is 0 Å². The molecule has 0 saturated heterocycles. The zero-order chi connectivity index (χ0) is 12.7. The molecule has 6 heteroatoms. The number of hydrogen-bond donors (Lipinski definition) is 1. The third-order valence-corrected chi connectivity index (χ3v) is 2.27. The van der Waals surface area contributed by atoms with Crippen molar-refractivity contribution >= 4 is 0 Å². The van der Waals surface area contributed by atoms with Crippen molar-refractivity contribution in [3.63, 3.8) is 0 Å². The molecule has 0 fully saturated rings. The minimum atomic E-state index is -4.28. The Balaban J connectivity index is 2.35. The summed E-state index contributed by atoms with van der Waals surface area (Å²) in [7, 11) is 0. The fourth-order valence-electron chi connectivity index (χ4n) is 1.53. The van der Waals surface area contributed by atoms with Gasteiger partial charge in [-0.25, -0.2) is 0 Å². The Labute approximate surface area is 99.0 Å². The maximum Gasteiger partial charge on any atom is 0.411 e. The van der Waals surface area contributed by atoms with Crippen LogP contribution in [0, 0.1) is 0 Å². The topological polar surface area (TPSA) is 30.5 Å². The number of halogens is 3. The lowest BCUT2D eigenvalue weighted by Gasteiger charge is -2.20. The number of ether oxygens (including phenoxy) is 2. The number of rotatable bonds is 7. The second-order valence-corrected chi connectivity index (χ2v) is 3.88. The monoisotopic (exact) mass is 253 g/mol. The molecule has 0 aliphatic carbocycles. The minimum Gasteiger partial charge on any atom is -0.496 e. The first-order valence-corrected chi connectivity index (χ1v) is 5.73. The lowest BCUT2D eigenvalue weighted by atomic mass is 10.2. The largest absolute Gasteiger partial charge is 0.496 e. The van der Waals surface area contributed by atoms with E-state index in [1.807, 2.05) is 13.0 Å². The van der Waals surface area contributed by atoms with Crippen LogP contribution >= 0.6 is 0 Å². The van der Waals surface area contributed by atoms with Gasteiger partial charge in [-0.15, -0.1) is 0 Å². The van der Waals surface area contributed by atoms with Crippen molar-refractivity contribution in [2.75, 3.05) is 26.4 Å². The lowest BCUT2D eigenvalue weighted by molar-refractivity contribution is -0.175. The standard InChI is InChI=1S/C11H18F3NO2/c1-2-5-15-9(10-4-3-6-17-10)7-16-8-11(12,13)14/h4,9,15H,2-3,5-8H2,1H3. The van der Waals surface area contributed by atoms with E-state index in [1.54, 1.807) is 0 Å². The molecule has 1 aliphatic heterocycles. The third kappa shape index (κ3) is 5.93. The maximum absolute atomic E-state index is 11.9. The van der Waals surface area contributed by atoms with E-state index in [9.17, 15) is 13.2 Å². The Bertz CT molecular complexity index is 254. The van der Waals surface area contributed by atoms with Crippen molar-refractivity contribution in [1.82, 2.24) is 5.32 Å². The van der Waals surface area contributed by atoms with Crippen LogP contribution in [0.25, 0.3) is 0 Å². The van der Waals surface area contributed by atoms with E-state index in [4.69, 9.17) is 4.74 Å². The van der Waals surface area contributed by atoms with Gasteiger partial charge in [-0.3, -0.25) is 0 Å². The van der Waals surface area contributed by atoms with Gasteiger partial charge in [0.05, 0.1) is 19.3 Å². The second kappa shape index (κ2) is 6.86. The number of alkyl halides is 3. The molecule has 0 aromatic rings. The van der Waals surface area contributed by atoms with Gasteiger partial charge in [0.2, 0.25) is 0 Å². The van der Waals surface area contributed by atoms with Gasteiger partial charge in [-0.1, -0.05) is 6.92 Å². The average molecular weight is 253 g/mol. The van der Waals surface area contributed by atoms with E-state index in [2.05, 4.69) is 10.1 Å². The van der Waals surface area contributed by atoms with Crippen LogP contribution in [0.1, 0.15) is 19.8 Å². The van der Waals surface area contributed by atoms with Crippen LogP contribution in [-0.4, -0.2) is 38.6 Å². The Morgan fingerprint density at radius 2 is 2.29 bits per heavy atom. The Morgan fingerprint density at radius 3 is 2.82 bits per heavy atom. The van der Waals surface area contributed by atoms with Crippen molar-refractivity contribution in [1.29, 1.82) is 0 Å². The highest BCUT2D eigenvalue weighted by molar-refractivity contribution is 5.07. The van der Waals surface area contributed by atoms with Crippen molar-refractivity contribution in [2.24, 2.45) is 0 Å². The highest BCUT2D eigenvalue weighted by Gasteiger charge is 2.28. The highest BCUT2D eigenvalue weighted by atomic mass is 19.4. The van der Waals surface area contributed by atoms with Crippen LogP contribution in [-0.2, 0) is 9.47 Å². The maximum atomic E-state index is 11.9. The van der Waals surface area contributed by atoms with Crippen LogP contribution < -0.4 is 5.32 Å². The molecule has 0 bridgehead atoms. The van der Waals surface area contributed by atoms with Gasteiger partial charge in [0.15, 0.2) is 0 Å². The molecular formula is C11H18F3NO2.